The molecule has 0 radical (unpaired) electrons. The molecule has 1 amide bonds. The number of ether oxygens (including phenoxy) is 2. The smallest absolute Gasteiger partial charge is 0.261 e. The van der Waals surface area contributed by atoms with Gasteiger partial charge in [-0.2, -0.15) is 0 Å². The number of carbonyl (C=O) groups is 1. The molecule has 1 aliphatic heterocycles. The molecule has 0 spiro atoms. The molecule has 0 bridgehead atoms. The number of nitrogens with zero attached hydrogens (tertiary/aromatic N) is 3. The molecule has 1 aromatic heterocycles. The van der Waals surface area contributed by atoms with E-state index < -0.39 is 0 Å². The molecule has 30 heavy (non-hydrogen) atoms. The summed E-state index contributed by atoms with van der Waals surface area (Å²) in [5, 5.41) is 1.42. The predicted octanol–water partition coefficient (Wildman–Crippen LogP) is 4.97. The molecule has 0 aliphatic carbocycles. The first-order valence-electron chi connectivity index (χ1n) is 9.54. The van der Waals surface area contributed by atoms with Crippen molar-refractivity contribution in [1.82, 2.24) is 9.88 Å². The molecule has 0 saturated carbocycles. The largest absolute Gasteiger partial charge is 0.486 e. The highest BCUT2D eigenvalue weighted by atomic mass is 35.5. The Morgan fingerprint density at radius 1 is 1.10 bits per heavy atom. The third-order valence-electron chi connectivity index (χ3n) is 4.67. The number of benzene rings is 2. The molecule has 3 aromatic rings. The Morgan fingerprint density at radius 2 is 1.83 bits per heavy atom. The first-order chi connectivity index (χ1) is 14.4. The van der Waals surface area contributed by atoms with Crippen LogP contribution in [0.2, 0.25) is 10.0 Å². The highest BCUT2D eigenvalue weighted by Gasteiger charge is 2.24. The van der Waals surface area contributed by atoms with E-state index in [4.69, 9.17) is 37.7 Å². The topological polar surface area (TPSA) is 54.9 Å². The lowest BCUT2D eigenvalue weighted by molar-refractivity contribution is 0.0986. The van der Waals surface area contributed by atoms with Gasteiger partial charge in [0.25, 0.3) is 5.91 Å². The maximum absolute atomic E-state index is 13.4. The minimum atomic E-state index is -0.202. The van der Waals surface area contributed by atoms with Crippen LogP contribution >= 0.6 is 34.5 Å². The van der Waals surface area contributed by atoms with Crippen LogP contribution in [0.25, 0.3) is 10.2 Å². The number of fused-ring (bicyclic) bond motifs is 2. The molecule has 2 aromatic carbocycles. The number of rotatable bonds is 6. The molecule has 4 rings (SSSR count). The second-order valence-corrected chi connectivity index (χ2v) is 9.05. The van der Waals surface area contributed by atoms with E-state index in [0.29, 0.717) is 52.0 Å². The molecule has 6 nitrogen and oxygen atoms in total. The maximum Gasteiger partial charge on any atom is 0.261 e. The number of amides is 1. The van der Waals surface area contributed by atoms with Crippen molar-refractivity contribution in [3.63, 3.8) is 0 Å². The van der Waals surface area contributed by atoms with Crippen molar-refractivity contribution >= 4 is 55.8 Å². The lowest BCUT2D eigenvalue weighted by Gasteiger charge is -2.21. The summed E-state index contributed by atoms with van der Waals surface area (Å²) in [6.07, 6.45) is 0.794. The molecular formula is C21H21Cl2N3O3S. The van der Waals surface area contributed by atoms with E-state index in [2.05, 4.69) is 4.90 Å². The molecule has 9 heteroatoms. The zero-order valence-corrected chi connectivity index (χ0v) is 19.0. The first-order valence-corrected chi connectivity index (χ1v) is 11.1. The van der Waals surface area contributed by atoms with Crippen LogP contribution in [0, 0.1) is 0 Å². The summed E-state index contributed by atoms with van der Waals surface area (Å²) in [7, 11) is 4.01. The van der Waals surface area contributed by atoms with Gasteiger partial charge in [-0.15, -0.1) is 0 Å². The number of halogens is 2. The van der Waals surface area contributed by atoms with Gasteiger partial charge in [0.1, 0.15) is 13.2 Å². The lowest BCUT2D eigenvalue weighted by Crippen LogP contribution is -2.33. The third-order valence-corrected chi connectivity index (χ3v) is 6.25. The van der Waals surface area contributed by atoms with Crippen molar-refractivity contribution < 1.29 is 14.3 Å². The van der Waals surface area contributed by atoms with E-state index in [1.807, 2.05) is 26.2 Å². The molecule has 0 N–H and O–H groups in total. The van der Waals surface area contributed by atoms with Gasteiger partial charge in [0.05, 0.1) is 20.8 Å². The molecule has 2 heterocycles. The Hall–Kier alpha value is -2.06. The van der Waals surface area contributed by atoms with Crippen molar-refractivity contribution in [3.8, 4) is 11.5 Å². The summed E-state index contributed by atoms with van der Waals surface area (Å²) in [4.78, 5) is 21.9. The monoisotopic (exact) mass is 465 g/mol. The number of anilines is 1. The van der Waals surface area contributed by atoms with Crippen LogP contribution in [0.1, 0.15) is 16.8 Å². The molecule has 0 saturated heterocycles. The zero-order valence-electron chi connectivity index (χ0n) is 16.7. The van der Waals surface area contributed by atoms with Gasteiger partial charge in [0.2, 0.25) is 0 Å². The lowest BCUT2D eigenvalue weighted by atomic mass is 10.2. The fourth-order valence-electron chi connectivity index (χ4n) is 3.21. The standard InChI is InChI=1S/C21H21Cl2N3O3S/c1-25(2)6-3-7-26(20(27)14-5-4-13(22)10-15(14)23)21-24-16-11-17-18(12-19(16)30-21)29-9-8-28-17/h4-5,10-12H,3,6-9H2,1-2H3. The third kappa shape index (κ3) is 4.49. The number of hydrogen-bond donors (Lipinski definition) is 0. The van der Waals surface area contributed by atoms with Gasteiger partial charge in [-0.05, 0) is 45.3 Å². The SMILES string of the molecule is CN(C)CCCN(C(=O)c1ccc(Cl)cc1Cl)c1nc2cc3c(cc2s1)OCCO3. The molecule has 0 unspecified atom stereocenters. The van der Waals surface area contributed by atoms with Gasteiger partial charge in [-0.25, -0.2) is 4.98 Å². The predicted molar refractivity (Wildman–Crippen MR) is 122 cm³/mol. The number of aromatic nitrogens is 1. The normalized spacial score (nSPS) is 13.1. The fraction of sp³-hybridized carbons (Fsp3) is 0.333. The first kappa shape index (κ1) is 21.2. The second-order valence-electron chi connectivity index (χ2n) is 7.20. The fourth-order valence-corrected chi connectivity index (χ4v) is 4.70. The van der Waals surface area contributed by atoms with Crippen LogP contribution in [0.4, 0.5) is 5.13 Å². The molecular weight excluding hydrogens is 445 g/mol. The van der Waals surface area contributed by atoms with Gasteiger partial charge in [-0.1, -0.05) is 34.5 Å². The maximum atomic E-state index is 13.4. The van der Waals surface area contributed by atoms with Crippen molar-refractivity contribution in [2.75, 3.05) is 45.3 Å². The Labute approximate surface area is 188 Å². The van der Waals surface area contributed by atoms with E-state index in [1.165, 1.54) is 11.3 Å². The number of carbonyl (C=O) groups excluding carboxylic acids is 1. The van der Waals surface area contributed by atoms with Crippen molar-refractivity contribution in [3.05, 3.63) is 45.9 Å². The molecule has 158 valence electrons. The summed E-state index contributed by atoms with van der Waals surface area (Å²) < 4.78 is 12.3. The van der Waals surface area contributed by atoms with Crippen LogP contribution in [-0.4, -0.2) is 56.2 Å². The van der Waals surface area contributed by atoms with Crippen LogP contribution in [-0.2, 0) is 0 Å². The highest BCUT2D eigenvalue weighted by molar-refractivity contribution is 7.22. The molecule has 1 aliphatic rings. The van der Waals surface area contributed by atoms with Gasteiger partial charge >= 0.3 is 0 Å². The molecule has 0 atom stereocenters. The Balaban J connectivity index is 1.70. The minimum absolute atomic E-state index is 0.202. The van der Waals surface area contributed by atoms with Gasteiger partial charge in [-0.3, -0.25) is 9.69 Å². The average molecular weight is 466 g/mol. The zero-order chi connectivity index (χ0) is 21.3. The summed E-state index contributed by atoms with van der Waals surface area (Å²) in [5.74, 6) is 1.18. The van der Waals surface area contributed by atoms with E-state index >= 15 is 0 Å². The highest BCUT2D eigenvalue weighted by Crippen LogP contribution is 2.39. The Bertz CT molecular complexity index is 1040. The summed E-state index contributed by atoms with van der Waals surface area (Å²) in [6, 6.07) is 8.68. The van der Waals surface area contributed by atoms with Crippen LogP contribution in [0.3, 0.4) is 0 Å². The van der Waals surface area contributed by atoms with Crippen LogP contribution in [0.5, 0.6) is 11.5 Å². The van der Waals surface area contributed by atoms with Gasteiger partial charge in [0, 0.05) is 23.7 Å². The van der Waals surface area contributed by atoms with Crippen molar-refractivity contribution in [1.29, 1.82) is 0 Å². The van der Waals surface area contributed by atoms with E-state index in [0.717, 1.165) is 23.2 Å². The number of thiazole rings is 1. The quantitative estimate of drug-likeness (QED) is 0.514. The van der Waals surface area contributed by atoms with Crippen LogP contribution < -0.4 is 14.4 Å². The van der Waals surface area contributed by atoms with E-state index in [9.17, 15) is 4.79 Å². The van der Waals surface area contributed by atoms with Crippen LogP contribution in [0.15, 0.2) is 30.3 Å². The van der Waals surface area contributed by atoms with E-state index in [1.54, 1.807) is 23.1 Å². The van der Waals surface area contributed by atoms with Gasteiger partial charge < -0.3 is 14.4 Å². The number of hydrogen-bond acceptors (Lipinski definition) is 6. The molecule has 0 fully saturated rings. The Kier molecular flexibility index (Phi) is 6.34. The average Bonchev–Trinajstić information content (AvgIpc) is 3.11. The summed E-state index contributed by atoms with van der Waals surface area (Å²) >= 11 is 13.8. The minimum Gasteiger partial charge on any atom is -0.486 e. The summed E-state index contributed by atoms with van der Waals surface area (Å²) in [5.41, 5.74) is 1.17. The van der Waals surface area contributed by atoms with E-state index in [-0.39, 0.29) is 5.91 Å². The van der Waals surface area contributed by atoms with Crippen molar-refractivity contribution in [2.24, 2.45) is 0 Å². The second kappa shape index (κ2) is 8.98. The Morgan fingerprint density at radius 3 is 2.53 bits per heavy atom. The van der Waals surface area contributed by atoms with Gasteiger partial charge in [0.15, 0.2) is 16.6 Å². The summed E-state index contributed by atoms with van der Waals surface area (Å²) in [6.45, 7) is 2.40. The van der Waals surface area contributed by atoms with Crippen molar-refractivity contribution in [2.45, 2.75) is 6.42 Å².